The molecule has 2 rings (SSSR count). The number of ether oxygens (including phenoxy) is 1. The number of nitrogens with two attached hydrogens (primary N) is 1. The van der Waals surface area contributed by atoms with Crippen molar-refractivity contribution >= 4 is 15.8 Å². The van der Waals surface area contributed by atoms with Crippen molar-refractivity contribution in [2.75, 3.05) is 12.8 Å². The first-order chi connectivity index (χ1) is 9.42. The van der Waals surface area contributed by atoms with Gasteiger partial charge in [0.2, 0.25) is 0 Å². The van der Waals surface area contributed by atoms with Crippen molar-refractivity contribution in [3.8, 4) is 11.8 Å². The molecule has 0 fully saturated rings. The van der Waals surface area contributed by atoms with E-state index in [1.807, 2.05) is 6.92 Å². The molecule has 0 unspecified atom stereocenters. The summed E-state index contributed by atoms with van der Waals surface area (Å²) in [5.41, 5.74) is 6.68. The maximum Gasteiger partial charge on any atom is 0.340 e. The highest BCUT2D eigenvalue weighted by Gasteiger charge is 2.18. The van der Waals surface area contributed by atoms with E-state index in [1.165, 1.54) is 25.3 Å². The van der Waals surface area contributed by atoms with Gasteiger partial charge in [-0.15, -0.1) is 10.2 Å². The van der Waals surface area contributed by atoms with E-state index in [4.69, 9.17) is 14.7 Å². The van der Waals surface area contributed by atoms with Crippen molar-refractivity contribution in [3.05, 3.63) is 35.9 Å². The second kappa shape index (κ2) is 5.33. The molecule has 0 spiro atoms. The van der Waals surface area contributed by atoms with Gasteiger partial charge in [0, 0.05) is 6.07 Å². The van der Waals surface area contributed by atoms with Crippen LogP contribution in [-0.4, -0.2) is 25.7 Å². The number of benzene rings is 1. The van der Waals surface area contributed by atoms with Crippen LogP contribution in [0, 0.1) is 6.92 Å². The molecule has 0 radical (unpaired) electrons. The number of nitrogen functional groups attached to an aromatic ring is 1. The Bertz CT molecular complexity index is 714. The zero-order valence-corrected chi connectivity index (χ0v) is 11.7. The molecule has 0 bridgehead atoms. The summed E-state index contributed by atoms with van der Waals surface area (Å²) >= 11 is 0. The van der Waals surface area contributed by atoms with Crippen LogP contribution in [0.1, 0.15) is 5.56 Å². The van der Waals surface area contributed by atoms with Crippen molar-refractivity contribution in [3.63, 3.8) is 0 Å². The first kappa shape index (κ1) is 14.1. The molecule has 8 heteroatoms. The number of methoxy groups -OCH3 is 1. The summed E-state index contributed by atoms with van der Waals surface area (Å²) in [6.07, 6.45) is 0. The number of aryl methyl sites for hydroxylation is 1. The minimum atomic E-state index is -3.97. The number of hydrogen-bond acceptors (Lipinski definition) is 7. The molecule has 0 aliphatic heterocycles. The van der Waals surface area contributed by atoms with Gasteiger partial charge >= 0.3 is 10.1 Å². The van der Waals surface area contributed by atoms with Gasteiger partial charge in [0.15, 0.2) is 0 Å². The standard InChI is InChI=1S/C12H13N3O4S/c1-8-3-5-9(6-4-8)20(16,17)19-11-7-10(13)12(18-2)15-14-11/h3-7H,1-2H3,(H2,13,14). The molecule has 1 heterocycles. The Morgan fingerprint density at radius 1 is 1.15 bits per heavy atom. The highest BCUT2D eigenvalue weighted by atomic mass is 32.2. The van der Waals surface area contributed by atoms with E-state index < -0.39 is 10.1 Å². The zero-order chi connectivity index (χ0) is 14.8. The summed E-state index contributed by atoms with van der Waals surface area (Å²) in [5.74, 6) is -0.117. The molecule has 0 saturated carbocycles. The summed E-state index contributed by atoms with van der Waals surface area (Å²) < 4.78 is 33.7. The van der Waals surface area contributed by atoms with Crippen LogP contribution in [0.15, 0.2) is 35.2 Å². The Hall–Kier alpha value is -2.35. The number of anilines is 1. The summed E-state index contributed by atoms with van der Waals surface area (Å²) in [5, 5.41) is 7.18. The number of hydrogen-bond donors (Lipinski definition) is 1. The smallest absolute Gasteiger partial charge is 0.340 e. The molecule has 0 amide bonds. The first-order valence-electron chi connectivity index (χ1n) is 5.61. The topological polar surface area (TPSA) is 104 Å². The molecular formula is C12H13N3O4S. The molecule has 0 saturated heterocycles. The first-order valence-corrected chi connectivity index (χ1v) is 7.01. The fraction of sp³-hybridized carbons (Fsp3) is 0.167. The number of nitrogens with zero attached hydrogens (tertiary/aromatic N) is 2. The zero-order valence-electron chi connectivity index (χ0n) is 10.9. The summed E-state index contributed by atoms with van der Waals surface area (Å²) in [7, 11) is -2.59. The minimum Gasteiger partial charge on any atom is -0.478 e. The molecule has 2 N–H and O–H groups in total. The second-order valence-electron chi connectivity index (χ2n) is 4.00. The summed E-state index contributed by atoms with van der Waals surface area (Å²) in [6.45, 7) is 1.85. The fourth-order valence-electron chi connectivity index (χ4n) is 1.44. The lowest BCUT2D eigenvalue weighted by Gasteiger charge is -2.07. The van der Waals surface area contributed by atoms with Gasteiger partial charge in [-0.05, 0) is 19.1 Å². The molecular weight excluding hydrogens is 282 g/mol. The third-order valence-corrected chi connectivity index (χ3v) is 3.70. The molecule has 7 nitrogen and oxygen atoms in total. The van der Waals surface area contributed by atoms with Crippen LogP contribution in [0.3, 0.4) is 0 Å². The Balaban J connectivity index is 2.28. The minimum absolute atomic E-state index is 0.0271. The van der Waals surface area contributed by atoms with Gasteiger partial charge in [0.05, 0.1) is 7.11 Å². The Kier molecular flexibility index (Phi) is 3.75. The van der Waals surface area contributed by atoms with Gasteiger partial charge in [0.1, 0.15) is 10.6 Å². The average Bonchev–Trinajstić information content (AvgIpc) is 2.39. The van der Waals surface area contributed by atoms with Gasteiger partial charge in [0.25, 0.3) is 11.8 Å². The van der Waals surface area contributed by atoms with Gasteiger partial charge in [-0.25, -0.2) is 0 Å². The fourth-order valence-corrected chi connectivity index (χ4v) is 2.31. The molecule has 0 aliphatic carbocycles. The monoisotopic (exact) mass is 295 g/mol. The molecule has 1 aromatic carbocycles. The van der Waals surface area contributed by atoms with Gasteiger partial charge in [-0.2, -0.15) is 8.42 Å². The van der Waals surface area contributed by atoms with Crippen LogP contribution in [0.2, 0.25) is 0 Å². The highest BCUT2D eigenvalue weighted by Crippen LogP contribution is 2.23. The van der Waals surface area contributed by atoms with Crippen molar-refractivity contribution in [2.45, 2.75) is 11.8 Å². The Morgan fingerprint density at radius 3 is 2.35 bits per heavy atom. The second-order valence-corrected chi connectivity index (χ2v) is 5.54. The Labute approximate surface area is 116 Å². The Morgan fingerprint density at radius 2 is 1.80 bits per heavy atom. The van der Waals surface area contributed by atoms with E-state index in [9.17, 15) is 8.42 Å². The van der Waals surface area contributed by atoms with E-state index in [1.54, 1.807) is 12.1 Å². The lowest BCUT2D eigenvalue weighted by atomic mass is 10.2. The van der Waals surface area contributed by atoms with Crippen molar-refractivity contribution in [1.82, 2.24) is 10.2 Å². The van der Waals surface area contributed by atoms with E-state index in [0.29, 0.717) is 0 Å². The van der Waals surface area contributed by atoms with Crippen LogP contribution in [0.4, 0.5) is 5.69 Å². The van der Waals surface area contributed by atoms with Crippen molar-refractivity contribution in [1.29, 1.82) is 0 Å². The van der Waals surface area contributed by atoms with Gasteiger partial charge in [-0.3, -0.25) is 0 Å². The molecule has 20 heavy (non-hydrogen) atoms. The van der Waals surface area contributed by atoms with E-state index >= 15 is 0 Å². The average molecular weight is 295 g/mol. The molecule has 0 aliphatic rings. The third-order valence-electron chi connectivity index (χ3n) is 2.46. The van der Waals surface area contributed by atoms with Crippen LogP contribution >= 0.6 is 0 Å². The molecule has 0 atom stereocenters. The SMILES string of the molecule is COc1nnc(OS(=O)(=O)c2ccc(C)cc2)cc1N. The molecule has 2 aromatic rings. The van der Waals surface area contributed by atoms with Crippen LogP contribution in [0.5, 0.6) is 11.8 Å². The van der Waals surface area contributed by atoms with E-state index in [2.05, 4.69) is 10.2 Å². The normalized spacial score (nSPS) is 11.1. The van der Waals surface area contributed by atoms with Crippen molar-refractivity contribution < 1.29 is 17.3 Å². The highest BCUT2D eigenvalue weighted by molar-refractivity contribution is 7.87. The lowest BCUT2D eigenvalue weighted by molar-refractivity contribution is 0.389. The van der Waals surface area contributed by atoms with Crippen LogP contribution < -0.4 is 14.7 Å². The summed E-state index contributed by atoms with van der Waals surface area (Å²) in [4.78, 5) is 0.0271. The maximum atomic E-state index is 12.0. The number of aromatic nitrogens is 2. The maximum absolute atomic E-state index is 12.0. The van der Waals surface area contributed by atoms with Gasteiger partial charge < -0.3 is 14.7 Å². The van der Waals surface area contributed by atoms with E-state index in [-0.39, 0.29) is 22.3 Å². The predicted octanol–water partition coefficient (Wildman–Crippen LogP) is 1.14. The largest absolute Gasteiger partial charge is 0.478 e. The summed E-state index contributed by atoms with van der Waals surface area (Å²) in [6, 6.07) is 7.47. The molecule has 106 valence electrons. The lowest BCUT2D eigenvalue weighted by Crippen LogP contribution is -2.11. The van der Waals surface area contributed by atoms with Gasteiger partial charge in [-0.1, -0.05) is 17.7 Å². The third kappa shape index (κ3) is 2.97. The number of rotatable bonds is 4. The molecule has 1 aromatic heterocycles. The predicted molar refractivity (Wildman–Crippen MR) is 72.0 cm³/mol. The van der Waals surface area contributed by atoms with Crippen LogP contribution in [-0.2, 0) is 10.1 Å². The quantitative estimate of drug-likeness (QED) is 0.843. The van der Waals surface area contributed by atoms with Crippen molar-refractivity contribution in [2.24, 2.45) is 0 Å². The van der Waals surface area contributed by atoms with Crippen LogP contribution in [0.25, 0.3) is 0 Å². The van der Waals surface area contributed by atoms with E-state index in [0.717, 1.165) is 5.56 Å².